The third-order valence-electron chi connectivity index (χ3n) is 6.57. The van der Waals surface area contributed by atoms with Gasteiger partial charge >= 0.3 is 0 Å². The first-order valence-corrected chi connectivity index (χ1v) is 10.8. The molecule has 1 aromatic rings. The highest BCUT2D eigenvalue weighted by atomic mass is 32.1. The lowest BCUT2D eigenvalue weighted by molar-refractivity contribution is -0.139. The largest absolute Gasteiger partial charge is 0.352 e. The SMILES string of the molecule is CN1C(=O)C2(CCN(C(=O)c3cccs3)CC2)C[C@H]1C(=O)NC1CCCC1. The number of nitrogens with zero attached hydrogens (tertiary/aromatic N) is 2. The molecule has 3 amide bonds. The van der Waals surface area contributed by atoms with E-state index >= 15 is 0 Å². The molecule has 2 aliphatic heterocycles. The van der Waals surface area contributed by atoms with E-state index in [1.165, 1.54) is 24.2 Å². The van der Waals surface area contributed by atoms with E-state index in [9.17, 15) is 14.4 Å². The van der Waals surface area contributed by atoms with Crippen molar-refractivity contribution in [3.63, 3.8) is 0 Å². The maximum atomic E-state index is 13.0. The molecule has 1 aromatic heterocycles. The lowest BCUT2D eigenvalue weighted by Gasteiger charge is -2.37. The van der Waals surface area contributed by atoms with Crippen LogP contribution in [0.3, 0.4) is 0 Å². The van der Waals surface area contributed by atoms with Crippen LogP contribution >= 0.6 is 11.3 Å². The van der Waals surface area contributed by atoms with Gasteiger partial charge in [0.1, 0.15) is 6.04 Å². The first-order chi connectivity index (χ1) is 13.0. The van der Waals surface area contributed by atoms with Crippen molar-refractivity contribution in [1.29, 1.82) is 0 Å². The fourth-order valence-electron chi connectivity index (χ4n) is 4.86. The minimum absolute atomic E-state index is 0.00767. The number of nitrogens with one attached hydrogen (secondary N) is 1. The van der Waals surface area contributed by atoms with Crippen molar-refractivity contribution in [2.24, 2.45) is 5.41 Å². The van der Waals surface area contributed by atoms with Crippen LogP contribution in [0.2, 0.25) is 0 Å². The lowest BCUT2D eigenvalue weighted by Crippen LogP contribution is -2.46. The summed E-state index contributed by atoms with van der Waals surface area (Å²) in [6.45, 7) is 1.15. The molecular formula is C20H27N3O3S. The number of carbonyl (C=O) groups is 3. The number of carbonyl (C=O) groups excluding carboxylic acids is 3. The number of thiophene rings is 1. The number of piperidine rings is 1. The summed E-state index contributed by atoms with van der Waals surface area (Å²) in [6.07, 6.45) is 6.27. The van der Waals surface area contributed by atoms with Gasteiger partial charge in [0.25, 0.3) is 5.91 Å². The molecule has 146 valence electrons. The number of rotatable bonds is 3. The third kappa shape index (κ3) is 3.37. The van der Waals surface area contributed by atoms with Crippen molar-refractivity contribution < 1.29 is 14.4 Å². The molecule has 27 heavy (non-hydrogen) atoms. The Bertz CT molecular complexity index is 719. The number of amides is 3. The summed E-state index contributed by atoms with van der Waals surface area (Å²) < 4.78 is 0. The normalized spacial score (nSPS) is 25.4. The molecule has 1 spiro atoms. The average molecular weight is 390 g/mol. The molecule has 3 fully saturated rings. The van der Waals surface area contributed by atoms with Gasteiger partial charge in [-0.25, -0.2) is 0 Å². The highest BCUT2D eigenvalue weighted by molar-refractivity contribution is 7.12. The third-order valence-corrected chi connectivity index (χ3v) is 7.43. The standard InChI is InChI=1S/C20H27N3O3S/c1-22-15(17(24)21-14-5-2-3-6-14)13-20(19(22)26)8-10-23(11-9-20)18(25)16-7-4-12-27-16/h4,7,12,14-15H,2-3,5-6,8-11,13H2,1H3,(H,21,24)/t15-/m0/s1. The van der Waals surface area contributed by atoms with Crippen LogP contribution in [-0.2, 0) is 9.59 Å². The molecule has 1 N–H and O–H groups in total. The molecular weight excluding hydrogens is 362 g/mol. The fourth-order valence-corrected chi connectivity index (χ4v) is 5.55. The molecule has 1 aliphatic carbocycles. The molecule has 0 radical (unpaired) electrons. The van der Waals surface area contributed by atoms with Gasteiger partial charge in [-0.1, -0.05) is 18.9 Å². The van der Waals surface area contributed by atoms with Crippen LogP contribution in [0.15, 0.2) is 17.5 Å². The molecule has 4 rings (SSSR count). The Morgan fingerprint density at radius 2 is 1.93 bits per heavy atom. The second-order valence-electron chi connectivity index (χ2n) is 8.18. The average Bonchev–Trinajstić information content (AvgIpc) is 3.42. The van der Waals surface area contributed by atoms with Crippen LogP contribution in [0.5, 0.6) is 0 Å². The van der Waals surface area contributed by atoms with E-state index in [1.807, 2.05) is 22.4 Å². The van der Waals surface area contributed by atoms with Crippen molar-refractivity contribution in [2.45, 2.75) is 57.0 Å². The van der Waals surface area contributed by atoms with Gasteiger partial charge < -0.3 is 15.1 Å². The molecule has 7 heteroatoms. The van der Waals surface area contributed by atoms with Gasteiger partial charge in [0.15, 0.2) is 0 Å². The van der Waals surface area contributed by atoms with Crippen LogP contribution < -0.4 is 5.32 Å². The van der Waals surface area contributed by atoms with Gasteiger partial charge in [0.2, 0.25) is 11.8 Å². The summed E-state index contributed by atoms with van der Waals surface area (Å²) in [7, 11) is 1.75. The maximum Gasteiger partial charge on any atom is 0.263 e. The summed E-state index contributed by atoms with van der Waals surface area (Å²) in [4.78, 5) is 42.5. The monoisotopic (exact) mass is 389 g/mol. The molecule has 1 saturated carbocycles. The van der Waals surface area contributed by atoms with Crippen LogP contribution in [0.1, 0.15) is 54.6 Å². The Morgan fingerprint density at radius 1 is 1.22 bits per heavy atom. The predicted octanol–water partition coefficient (Wildman–Crippen LogP) is 2.26. The van der Waals surface area contributed by atoms with E-state index in [0.717, 1.165) is 17.7 Å². The molecule has 0 bridgehead atoms. The van der Waals surface area contributed by atoms with Crippen LogP contribution in [-0.4, -0.2) is 59.7 Å². The zero-order valence-corrected chi connectivity index (χ0v) is 16.6. The van der Waals surface area contributed by atoms with Crippen molar-refractivity contribution in [1.82, 2.24) is 15.1 Å². The second-order valence-corrected chi connectivity index (χ2v) is 9.12. The van der Waals surface area contributed by atoms with Gasteiger partial charge in [-0.3, -0.25) is 14.4 Å². The Balaban J connectivity index is 1.39. The van der Waals surface area contributed by atoms with Crippen molar-refractivity contribution in [2.75, 3.05) is 20.1 Å². The second kappa shape index (κ2) is 7.26. The van der Waals surface area contributed by atoms with E-state index in [2.05, 4.69) is 5.32 Å². The zero-order valence-electron chi connectivity index (χ0n) is 15.8. The highest BCUT2D eigenvalue weighted by Gasteiger charge is 2.53. The molecule has 2 saturated heterocycles. The number of likely N-dealkylation sites (N-methyl/N-ethyl adjacent to an activating group) is 1. The zero-order chi connectivity index (χ0) is 19.0. The van der Waals surface area contributed by atoms with Crippen LogP contribution in [0.25, 0.3) is 0 Å². The highest BCUT2D eigenvalue weighted by Crippen LogP contribution is 2.44. The van der Waals surface area contributed by atoms with Gasteiger partial charge in [-0.2, -0.15) is 0 Å². The first kappa shape index (κ1) is 18.5. The molecule has 0 aromatic carbocycles. The van der Waals surface area contributed by atoms with Gasteiger partial charge in [0.05, 0.1) is 10.3 Å². The maximum absolute atomic E-state index is 13.0. The van der Waals surface area contributed by atoms with Gasteiger partial charge in [-0.05, 0) is 43.6 Å². The minimum atomic E-state index is -0.487. The number of likely N-dealkylation sites (tertiary alicyclic amines) is 2. The van der Waals surface area contributed by atoms with Gasteiger partial charge in [-0.15, -0.1) is 11.3 Å². The summed E-state index contributed by atoms with van der Waals surface area (Å²) in [6, 6.07) is 3.61. The Morgan fingerprint density at radius 3 is 2.56 bits per heavy atom. The minimum Gasteiger partial charge on any atom is -0.352 e. The topological polar surface area (TPSA) is 69.7 Å². The molecule has 1 atom stereocenters. The quantitative estimate of drug-likeness (QED) is 0.862. The van der Waals surface area contributed by atoms with Crippen LogP contribution in [0, 0.1) is 5.41 Å². The van der Waals surface area contributed by atoms with Crippen molar-refractivity contribution >= 4 is 29.1 Å². The van der Waals surface area contributed by atoms with E-state index in [-0.39, 0.29) is 29.8 Å². The predicted molar refractivity (Wildman–Crippen MR) is 103 cm³/mol. The lowest BCUT2D eigenvalue weighted by atomic mass is 9.76. The molecule has 3 heterocycles. The van der Waals surface area contributed by atoms with E-state index in [1.54, 1.807) is 11.9 Å². The van der Waals surface area contributed by atoms with Crippen molar-refractivity contribution in [3.8, 4) is 0 Å². The smallest absolute Gasteiger partial charge is 0.263 e. The van der Waals surface area contributed by atoms with Crippen molar-refractivity contribution in [3.05, 3.63) is 22.4 Å². The first-order valence-electron chi connectivity index (χ1n) is 9.91. The van der Waals surface area contributed by atoms with Crippen LogP contribution in [0.4, 0.5) is 0 Å². The van der Waals surface area contributed by atoms with E-state index in [0.29, 0.717) is 32.4 Å². The molecule has 3 aliphatic rings. The fraction of sp³-hybridized carbons (Fsp3) is 0.650. The molecule has 0 unspecified atom stereocenters. The number of hydrogen-bond donors (Lipinski definition) is 1. The summed E-state index contributed by atoms with van der Waals surface area (Å²) >= 11 is 1.45. The summed E-state index contributed by atoms with van der Waals surface area (Å²) in [5.74, 6) is 0.109. The summed E-state index contributed by atoms with van der Waals surface area (Å²) in [5, 5.41) is 5.05. The Hall–Kier alpha value is -1.89. The Kier molecular flexibility index (Phi) is 4.97. The number of hydrogen-bond acceptors (Lipinski definition) is 4. The Labute approximate surface area is 163 Å². The van der Waals surface area contributed by atoms with Gasteiger partial charge in [0, 0.05) is 26.2 Å². The van der Waals surface area contributed by atoms with E-state index in [4.69, 9.17) is 0 Å². The summed E-state index contributed by atoms with van der Waals surface area (Å²) in [5.41, 5.74) is -0.487. The van der Waals surface area contributed by atoms with E-state index < -0.39 is 5.41 Å². The molecule has 6 nitrogen and oxygen atoms in total.